The predicted octanol–water partition coefficient (Wildman–Crippen LogP) is 1.49. The summed E-state index contributed by atoms with van der Waals surface area (Å²) in [5.74, 6) is -1.15. The highest BCUT2D eigenvalue weighted by Gasteiger charge is 2.36. The minimum Gasteiger partial charge on any atom is -0.478 e. The predicted molar refractivity (Wildman–Crippen MR) is 76.9 cm³/mol. The third-order valence-corrected chi connectivity index (χ3v) is 5.92. The summed E-state index contributed by atoms with van der Waals surface area (Å²) >= 11 is 0. The fourth-order valence-corrected chi connectivity index (χ4v) is 4.24. The van der Waals surface area contributed by atoms with Crippen molar-refractivity contribution in [2.75, 3.05) is 13.7 Å². The second-order valence-electron chi connectivity index (χ2n) is 5.24. The molecule has 0 aromatic heterocycles. The Hall–Kier alpha value is -1.44. The minimum atomic E-state index is -3.75. The van der Waals surface area contributed by atoms with E-state index in [9.17, 15) is 13.2 Å². The standard InChI is InChI=1S/C14H19NO5S/c1-9-4-5-11(14(16)17)8-13(9)21(18,19)15(3)12-6-7-20-10(12)2/h4-5,8,10,12H,6-7H2,1-3H3,(H,16,17). The van der Waals surface area contributed by atoms with Gasteiger partial charge in [-0.1, -0.05) is 6.07 Å². The maximum atomic E-state index is 12.7. The van der Waals surface area contributed by atoms with E-state index in [-0.39, 0.29) is 22.6 Å². The lowest BCUT2D eigenvalue weighted by molar-refractivity contribution is 0.0696. The molecule has 1 aliphatic rings. The summed E-state index contributed by atoms with van der Waals surface area (Å²) in [4.78, 5) is 11.1. The van der Waals surface area contributed by atoms with Crippen molar-refractivity contribution in [1.29, 1.82) is 0 Å². The molecule has 2 rings (SSSR count). The smallest absolute Gasteiger partial charge is 0.335 e. The number of aromatic carboxylic acids is 1. The Labute approximate surface area is 124 Å². The maximum absolute atomic E-state index is 12.7. The molecule has 1 saturated heterocycles. The van der Waals surface area contributed by atoms with Crippen molar-refractivity contribution in [2.45, 2.75) is 37.3 Å². The van der Waals surface area contributed by atoms with Gasteiger partial charge in [0.25, 0.3) is 0 Å². The third-order valence-electron chi connectivity index (χ3n) is 3.90. The molecule has 0 saturated carbocycles. The number of carboxylic acid groups (broad SMARTS) is 1. The van der Waals surface area contributed by atoms with Gasteiger partial charge in [0.05, 0.1) is 22.6 Å². The molecule has 0 aliphatic carbocycles. The second-order valence-corrected chi connectivity index (χ2v) is 7.20. The van der Waals surface area contributed by atoms with Crippen molar-refractivity contribution in [3.63, 3.8) is 0 Å². The number of hydrogen-bond donors (Lipinski definition) is 1. The Bertz CT molecular complexity index is 655. The number of ether oxygens (including phenoxy) is 1. The number of aryl methyl sites for hydroxylation is 1. The molecular weight excluding hydrogens is 294 g/mol. The molecule has 21 heavy (non-hydrogen) atoms. The van der Waals surface area contributed by atoms with E-state index >= 15 is 0 Å². The van der Waals surface area contributed by atoms with E-state index in [4.69, 9.17) is 9.84 Å². The number of sulfonamides is 1. The number of rotatable bonds is 4. The monoisotopic (exact) mass is 313 g/mol. The lowest BCUT2D eigenvalue weighted by Gasteiger charge is -2.26. The Balaban J connectivity index is 2.43. The fourth-order valence-electron chi connectivity index (χ4n) is 2.54. The van der Waals surface area contributed by atoms with Gasteiger partial charge in [-0.15, -0.1) is 0 Å². The summed E-state index contributed by atoms with van der Waals surface area (Å²) in [6.45, 7) is 4.02. The van der Waals surface area contributed by atoms with Gasteiger partial charge in [0, 0.05) is 13.7 Å². The molecule has 1 aromatic carbocycles. The van der Waals surface area contributed by atoms with Gasteiger partial charge in [-0.05, 0) is 38.0 Å². The zero-order valence-corrected chi connectivity index (χ0v) is 13.1. The lowest BCUT2D eigenvalue weighted by Crippen LogP contribution is -2.41. The highest BCUT2D eigenvalue weighted by Crippen LogP contribution is 2.27. The van der Waals surface area contributed by atoms with Gasteiger partial charge in [0.2, 0.25) is 10.0 Å². The molecule has 2 unspecified atom stereocenters. The molecule has 7 heteroatoms. The summed E-state index contributed by atoms with van der Waals surface area (Å²) in [6.07, 6.45) is 0.460. The summed E-state index contributed by atoms with van der Waals surface area (Å²) in [5, 5.41) is 9.03. The Morgan fingerprint density at radius 1 is 1.43 bits per heavy atom. The first-order valence-electron chi connectivity index (χ1n) is 6.68. The van der Waals surface area contributed by atoms with Crippen LogP contribution in [0.5, 0.6) is 0 Å². The van der Waals surface area contributed by atoms with Gasteiger partial charge in [-0.25, -0.2) is 13.2 Å². The first-order valence-corrected chi connectivity index (χ1v) is 8.12. The van der Waals surface area contributed by atoms with Gasteiger partial charge < -0.3 is 9.84 Å². The Morgan fingerprint density at radius 2 is 2.10 bits per heavy atom. The average molecular weight is 313 g/mol. The fraction of sp³-hybridized carbons (Fsp3) is 0.500. The van der Waals surface area contributed by atoms with E-state index < -0.39 is 16.0 Å². The lowest BCUT2D eigenvalue weighted by atomic mass is 10.1. The zero-order chi connectivity index (χ0) is 15.8. The SMILES string of the molecule is Cc1ccc(C(=O)O)cc1S(=O)(=O)N(C)C1CCOC1C. The van der Waals surface area contributed by atoms with Crippen molar-refractivity contribution < 1.29 is 23.1 Å². The van der Waals surface area contributed by atoms with Gasteiger partial charge in [-0.3, -0.25) is 0 Å². The molecule has 0 amide bonds. The quantitative estimate of drug-likeness (QED) is 0.910. The van der Waals surface area contributed by atoms with Crippen LogP contribution in [0, 0.1) is 6.92 Å². The van der Waals surface area contributed by atoms with Crippen LogP contribution < -0.4 is 0 Å². The summed E-state index contributed by atoms with van der Waals surface area (Å²) in [5.41, 5.74) is 0.488. The molecule has 1 N–H and O–H groups in total. The number of carbonyl (C=O) groups is 1. The minimum absolute atomic E-state index is 0.0315. The normalized spacial score (nSPS) is 22.7. The Kier molecular flexibility index (Phi) is 4.36. The molecule has 1 aliphatic heterocycles. The van der Waals surface area contributed by atoms with Crippen LogP contribution in [0.2, 0.25) is 0 Å². The van der Waals surface area contributed by atoms with E-state index in [0.717, 1.165) is 0 Å². The van der Waals surface area contributed by atoms with Crippen molar-refractivity contribution in [2.24, 2.45) is 0 Å². The van der Waals surface area contributed by atoms with Crippen LogP contribution >= 0.6 is 0 Å². The van der Waals surface area contributed by atoms with Crippen LogP contribution in [0.15, 0.2) is 23.1 Å². The summed E-state index contributed by atoms with van der Waals surface area (Å²) in [7, 11) is -2.24. The summed E-state index contributed by atoms with van der Waals surface area (Å²) < 4.78 is 32.2. The number of likely N-dealkylation sites (N-methyl/N-ethyl adjacent to an activating group) is 1. The van der Waals surface area contributed by atoms with Crippen molar-refractivity contribution >= 4 is 16.0 Å². The molecule has 6 nitrogen and oxygen atoms in total. The van der Waals surface area contributed by atoms with Crippen molar-refractivity contribution in [3.05, 3.63) is 29.3 Å². The van der Waals surface area contributed by atoms with Gasteiger partial charge >= 0.3 is 5.97 Å². The molecule has 1 aromatic rings. The molecule has 0 spiro atoms. The molecule has 116 valence electrons. The van der Waals surface area contributed by atoms with Gasteiger partial charge in [0.15, 0.2) is 0 Å². The number of benzene rings is 1. The van der Waals surface area contributed by atoms with Crippen LogP contribution in [-0.4, -0.2) is 49.6 Å². The van der Waals surface area contributed by atoms with Crippen molar-refractivity contribution in [1.82, 2.24) is 4.31 Å². The van der Waals surface area contributed by atoms with E-state index in [2.05, 4.69) is 0 Å². The van der Waals surface area contributed by atoms with E-state index in [1.54, 1.807) is 6.92 Å². The van der Waals surface area contributed by atoms with Gasteiger partial charge in [0.1, 0.15) is 0 Å². The molecule has 0 bridgehead atoms. The van der Waals surface area contributed by atoms with E-state index in [1.165, 1.54) is 29.6 Å². The largest absolute Gasteiger partial charge is 0.478 e. The molecule has 0 radical (unpaired) electrons. The summed E-state index contributed by atoms with van der Waals surface area (Å²) in [6, 6.07) is 3.89. The Morgan fingerprint density at radius 3 is 2.62 bits per heavy atom. The van der Waals surface area contributed by atoms with Crippen LogP contribution in [0.4, 0.5) is 0 Å². The molecule has 1 fully saturated rings. The number of nitrogens with zero attached hydrogens (tertiary/aromatic N) is 1. The van der Waals surface area contributed by atoms with Crippen molar-refractivity contribution in [3.8, 4) is 0 Å². The highest BCUT2D eigenvalue weighted by atomic mass is 32.2. The van der Waals surface area contributed by atoms with Gasteiger partial charge in [-0.2, -0.15) is 4.31 Å². The molecular formula is C14H19NO5S. The number of carboxylic acids is 1. The first kappa shape index (κ1) is 15.9. The number of hydrogen-bond acceptors (Lipinski definition) is 4. The van der Waals surface area contributed by atoms with Crippen LogP contribution in [0.1, 0.15) is 29.3 Å². The first-order chi connectivity index (χ1) is 9.75. The highest BCUT2D eigenvalue weighted by molar-refractivity contribution is 7.89. The van der Waals surface area contributed by atoms with Crippen LogP contribution in [0.3, 0.4) is 0 Å². The molecule has 1 heterocycles. The van der Waals surface area contributed by atoms with Crippen LogP contribution in [-0.2, 0) is 14.8 Å². The average Bonchev–Trinajstić information content (AvgIpc) is 2.83. The molecule has 2 atom stereocenters. The maximum Gasteiger partial charge on any atom is 0.335 e. The topological polar surface area (TPSA) is 83.9 Å². The van der Waals surface area contributed by atoms with Crippen LogP contribution in [0.25, 0.3) is 0 Å². The second kappa shape index (κ2) is 5.75. The van der Waals surface area contributed by atoms with E-state index in [1.807, 2.05) is 6.92 Å². The zero-order valence-electron chi connectivity index (χ0n) is 12.2. The third kappa shape index (κ3) is 2.95. The van der Waals surface area contributed by atoms with E-state index in [0.29, 0.717) is 18.6 Å².